The van der Waals surface area contributed by atoms with Gasteiger partial charge in [-0.2, -0.15) is 0 Å². The molecule has 0 aliphatic rings. The van der Waals surface area contributed by atoms with Gasteiger partial charge in [0.15, 0.2) is 17.5 Å². The molecule has 0 aromatic heterocycles. The Balaban J connectivity index is 2.71. The summed E-state index contributed by atoms with van der Waals surface area (Å²) >= 11 is 0. The van der Waals surface area contributed by atoms with Gasteiger partial charge in [0, 0.05) is 6.54 Å². The maximum atomic E-state index is 13.4. The Labute approximate surface area is 115 Å². The van der Waals surface area contributed by atoms with Crippen LogP contribution in [-0.4, -0.2) is 23.7 Å². The van der Waals surface area contributed by atoms with Crippen molar-refractivity contribution in [3.05, 3.63) is 35.1 Å². The predicted octanol–water partition coefficient (Wildman–Crippen LogP) is 2.63. The molecule has 0 saturated carbocycles. The molecule has 1 unspecified atom stereocenters. The normalized spacial score (nSPS) is 12.6. The highest BCUT2D eigenvalue weighted by Crippen LogP contribution is 2.16. The lowest BCUT2D eigenvalue weighted by Gasteiger charge is -2.20. The zero-order chi connectivity index (χ0) is 15.3. The molecule has 0 spiro atoms. The van der Waals surface area contributed by atoms with Crippen molar-refractivity contribution >= 4 is 5.91 Å². The summed E-state index contributed by atoms with van der Waals surface area (Å²) in [6.45, 7) is 3.76. The van der Waals surface area contributed by atoms with E-state index in [1.165, 1.54) is 0 Å². The van der Waals surface area contributed by atoms with Crippen LogP contribution in [0, 0.1) is 23.4 Å². The van der Waals surface area contributed by atoms with Gasteiger partial charge in [-0.1, -0.05) is 26.7 Å². The molecule has 2 N–H and O–H groups in total. The second kappa shape index (κ2) is 7.28. The Morgan fingerprint density at radius 3 is 2.35 bits per heavy atom. The van der Waals surface area contributed by atoms with Gasteiger partial charge in [-0.3, -0.25) is 4.79 Å². The Morgan fingerprint density at radius 2 is 1.80 bits per heavy atom. The van der Waals surface area contributed by atoms with Crippen molar-refractivity contribution in [2.24, 2.45) is 5.92 Å². The summed E-state index contributed by atoms with van der Waals surface area (Å²) in [7, 11) is 0. The summed E-state index contributed by atoms with van der Waals surface area (Å²) in [5, 5.41) is 12.1. The molecule has 0 aliphatic heterocycles. The van der Waals surface area contributed by atoms with Gasteiger partial charge in [0.25, 0.3) is 5.91 Å². The summed E-state index contributed by atoms with van der Waals surface area (Å²) in [6, 6.07) is 1.55. The van der Waals surface area contributed by atoms with E-state index in [4.69, 9.17) is 0 Å². The minimum Gasteiger partial charge on any atom is -0.391 e. The number of carbonyl (C=O) groups is 1. The lowest BCUT2D eigenvalue weighted by Crippen LogP contribution is -2.36. The molecule has 0 heterocycles. The molecule has 112 valence electrons. The Hall–Kier alpha value is -1.56. The zero-order valence-corrected chi connectivity index (χ0v) is 11.4. The second-order valence-electron chi connectivity index (χ2n) is 4.58. The van der Waals surface area contributed by atoms with E-state index < -0.39 is 35.0 Å². The second-order valence-corrected chi connectivity index (χ2v) is 4.58. The van der Waals surface area contributed by atoms with E-state index in [1.807, 2.05) is 13.8 Å². The summed E-state index contributed by atoms with van der Waals surface area (Å²) < 4.78 is 39.1. The maximum absolute atomic E-state index is 13.4. The third kappa shape index (κ3) is 3.72. The van der Waals surface area contributed by atoms with Crippen LogP contribution in [0.3, 0.4) is 0 Å². The van der Waals surface area contributed by atoms with Crippen LogP contribution < -0.4 is 5.32 Å². The van der Waals surface area contributed by atoms with Crippen molar-refractivity contribution in [3.63, 3.8) is 0 Å². The number of halogens is 3. The third-order valence-electron chi connectivity index (χ3n) is 3.34. The van der Waals surface area contributed by atoms with Crippen LogP contribution in [-0.2, 0) is 0 Å². The monoisotopic (exact) mass is 289 g/mol. The van der Waals surface area contributed by atoms with Gasteiger partial charge in [-0.25, -0.2) is 13.2 Å². The third-order valence-corrected chi connectivity index (χ3v) is 3.34. The molecule has 0 bridgehead atoms. The fraction of sp³-hybridized carbons (Fsp3) is 0.500. The lowest BCUT2D eigenvalue weighted by atomic mass is 9.96. The van der Waals surface area contributed by atoms with E-state index in [0.29, 0.717) is 6.07 Å². The predicted molar refractivity (Wildman–Crippen MR) is 68.7 cm³/mol. The summed E-state index contributed by atoms with van der Waals surface area (Å²) in [5.41, 5.74) is -0.583. The number of benzene rings is 1. The molecule has 1 rings (SSSR count). The fourth-order valence-corrected chi connectivity index (χ4v) is 1.99. The van der Waals surface area contributed by atoms with Gasteiger partial charge >= 0.3 is 0 Å². The van der Waals surface area contributed by atoms with E-state index in [2.05, 4.69) is 5.32 Å². The largest absolute Gasteiger partial charge is 0.391 e. The van der Waals surface area contributed by atoms with Crippen LogP contribution in [0.5, 0.6) is 0 Å². The molecule has 0 saturated heterocycles. The van der Waals surface area contributed by atoms with Gasteiger partial charge in [-0.15, -0.1) is 0 Å². The molecule has 1 amide bonds. The number of rotatable bonds is 6. The molecular formula is C14H18F3NO2. The number of nitrogens with one attached hydrogen (secondary N) is 1. The van der Waals surface area contributed by atoms with Crippen molar-refractivity contribution in [2.45, 2.75) is 32.8 Å². The van der Waals surface area contributed by atoms with Crippen LogP contribution in [0.1, 0.15) is 37.0 Å². The number of aliphatic hydroxyl groups is 1. The molecule has 6 heteroatoms. The molecule has 20 heavy (non-hydrogen) atoms. The zero-order valence-electron chi connectivity index (χ0n) is 11.4. The molecular weight excluding hydrogens is 271 g/mol. The van der Waals surface area contributed by atoms with E-state index in [1.54, 1.807) is 0 Å². The minimum atomic E-state index is -1.68. The molecule has 0 fully saturated rings. The highest BCUT2D eigenvalue weighted by Gasteiger charge is 2.21. The first kappa shape index (κ1) is 16.5. The van der Waals surface area contributed by atoms with Gasteiger partial charge in [-0.05, 0) is 18.1 Å². The van der Waals surface area contributed by atoms with Gasteiger partial charge in [0.1, 0.15) is 0 Å². The average Bonchev–Trinajstić information content (AvgIpc) is 2.43. The Kier molecular flexibility index (Phi) is 6.01. The SMILES string of the molecule is CCC(CC)C(O)CNC(=O)c1ccc(F)c(F)c1F. The first-order valence-electron chi connectivity index (χ1n) is 6.52. The van der Waals surface area contributed by atoms with Crippen LogP contribution in [0.2, 0.25) is 0 Å². The lowest BCUT2D eigenvalue weighted by molar-refractivity contribution is 0.0812. The molecule has 3 nitrogen and oxygen atoms in total. The smallest absolute Gasteiger partial charge is 0.254 e. The number of hydrogen-bond donors (Lipinski definition) is 2. The standard InChI is InChI=1S/C14H18F3NO2/c1-3-8(4-2)11(19)7-18-14(20)9-5-6-10(15)13(17)12(9)16/h5-6,8,11,19H,3-4,7H2,1-2H3,(H,18,20). The molecule has 1 aromatic rings. The molecule has 1 aromatic carbocycles. The summed E-state index contributed by atoms with van der Waals surface area (Å²) in [6.07, 6.45) is 0.725. The van der Waals surface area contributed by atoms with Crippen molar-refractivity contribution in [1.29, 1.82) is 0 Å². The highest BCUT2D eigenvalue weighted by atomic mass is 19.2. The van der Waals surface area contributed by atoms with Crippen LogP contribution in [0.4, 0.5) is 13.2 Å². The van der Waals surface area contributed by atoms with Crippen LogP contribution >= 0.6 is 0 Å². The molecule has 1 atom stereocenters. The van der Waals surface area contributed by atoms with Crippen LogP contribution in [0.15, 0.2) is 12.1 Å². The van der Waals surface area contributed by atoms with Crippen LogP contribution in [0.25, 0.3) is 0 Å². The first-order chi connectivity index (χ1) is 9.42. The molecule has 0 radical (unpaired) electrons. The number of carbonyl (C=O) groups excluding carboxylic acids is 1. The van der Waals surface area contributed by atoms with Crippen molar-refractivity contribution < 1.29 is 23.1 Å². The summed E-state index contributed by atoms with van der Waals surface area (Å²) in [4.78, 5) is 11.7. The Bertz CT molecular complexity index is 476. The topological polar surface area (TPSA) is 49.3 Å². The number of aliphatic hydroxyl groups excluding tert-OH is 1. The molecule has 0 aliphatic carbocycles. The maximum Gasteiger partial charge on any atom is 0.254 e. The van der Waals surface area contributed by atoms with E-state index >= 15 is 0 Å². The first-order valence-corrected chi connectivity index (χ1v) is 6.52. The van der Waals surface area contributed by atoms with Gasteiger partial charge < -0.3 is 10.4 Å². The van der Waals surface area contributed by atoms with Crippen molar-refractivity contribution in [3.8, 4) is 0 Å². The Morgan fingerprint density at radius 1 is 1.20 bits per heavy atom. The van der Waals surface area contributed by atoms with E-state index in [0.717, 1.165) is 18.9 Å². The number of amides is 1. The fourth-order valence-electron chi connectivity index (χ4n) is 1.99. The van der Waals surface area contributed by atoms with E-state index in [9.17, 15) is 23.1 Å². The van der Waals surface area contributed by atoms with Crippen molar-refractivity contribution in [1.82, 2.24) is 5.32 Å². The minimum absolute atomic E-state index is 0.0186. The highest BCUT2D eigenvalue weighted by molar-refractivity contribution is 5.94. The summed E-state index contributed by atoms with van der Waals surface area (Å²) in [5.74, 6) is -5.43. The average molecular weight is 289 g/mol. The quantitative estimate of drug-likeness (QED) is 0.791. The number of hydrogen-bond acceptors (Lipinski definition) is 2. The van der Waals surface area contributed by atoms with Crippen molar-refractivity contribution in [2.75, 3.05) is 6.54 Å². The van der Waals surface area contributed by atoms with Gasteiger partial charge in [0.05, 0.1) is 11.7 Å². The van der Waals surface area contributed by atoms with E-state index in [-0.39, 0.29) is 12.5 Å². The van der Waals surface area contributed by atoms with Gasteiger partial charge in [0.2, 0.25) is 0 Å².